The Morgan fingerprint density at radius 3 is 3.00 bits per heavy atom. The van der Waals surface area contributed by atoms with Crippen LogP contribution < -0.4 is 0 Å². The van der Waals surface area contributed by atoms with E-state index in [1.54, 1.807) is 3.40 Å². The van der Waals surface area contributed by atoms with Gasteiger partial charge in [0.1, 0.15) is 0 Å². The van der Waals surface area contributed by atoms with Gasteiger partial charge in [0.15, 0.2) is 0 Å². The summed E-state index contributed by atoms with van der Waals surface area (Å²) in [5.41, 5.74) is 0. The summed E-state index contributed by atoms with van der Waals surface area (Å²) in [7, 11) is 0. The Morgan fingerprint density at radius 2 is 2.11 bits per heavy atom. The van der Waals surface area contributed by atoms with Crippen LogP contribution in [-0.4, -0.2) is 20.4 Å². The molecule has 0 fully saturated rings. The third-order valence-corrected chi connectivity index (χ3v) is 5.79. The molecule has 0 amide bonds. The van der Waals surface area contributed by atoms with Crippen molar-refractivity contribution in [3.05, 3.63) is 27.7 Å². The van der Waals surface area contributed by atoms with Crippen LogP contribution in [0, 0.1) is 0 Å². The topological polar surface area (TPSA) is 0 Å². The van der Waals surface area contributed by atoms with E-state index in [0.29, 0.717) is 0 Å². The van der Waals surface area contributed by atoms with Gasteiger partial charge >= 0.3 is 67.5 Å². The van der Waals surface area contributed by atoms with Gasteiger partial charge in [-0.2, -0.15) is 0 Å². The molecule has 9 heavy (non-hydrogen) atoms. The average molecular weight is 249 g/mol. The maximum absolute atomic E-state index is 2.37. The Bertz CT molecular complexity index is 283. The van der Waals surface area contributed by atoms with Crippen LogP contribution in [-0.2, 0) is 0 Å². The van der Waals surface area contributed by atoms with Gasteiger partial charge in [-0.15, -0.1) is 0 Å². The number of rotatable bonds is 0. The van der Waals surface area contributed by atoms with Crippen molar-refractivity contribution in [3.8, 4) is 0 Å². The van der Waals surface area contributed by atoms with Crippen LogP contribution in [0.4, 0.5) is 0 Å². The van der Waals surface area contributed by atoms with Gasteiger partial charge in [-0.25, -0.2) is 0 Å². The maximum atomic E-state index is 2.37. The van der Waals surface area contributed by atoms with Gasteiger partial charge in [0.05, 0.1) is 0 Å². The Labute approximate surface area is 67.4 Å². The summed E-state index contributed by atoms with van der Waals surface area (Å²) in [5.74, 6) is 0. The van der Waals surface area contributed by atoms with Gasteiger partial charge in [0.25, 0.3) is 0 Å². The minimum absolute atomic E-state index is 0.101. The standard InChI is InChI=1S/C7H5STe/c1-2-4-7-6(3-1)8-5-9-7/h1-5H/q+1. The summed E-state index contributed by atoms with van der Waals surface area (Å²) in [6.07, 6.45) is 0. The summed E-state index contributed by atoms with van der Waals surface area (Å²) in [4.78, 5) is 0. The first-order chi connectivity index (χ1) is 4.47. The van der Waals surface area contributed by atoms with E-state index in [2.05, 4.69) is 27.7 Å². The molecular weight excluding hydrogens is 244 g/mol. The molecule has 44 valence electrons. The minimum atomic E-state index is 0.101. The molecule has 0 N–H and O–H groups in total. The molecule has 0 atom stereocenters. The van der Waals surface area contributed by atoms with Crippen molar-refractivity contribution in [2.24, 2.45) is 0 Å². The quantitative estimate of drug-likeness (QED) is 0.496. The fourth-order valence-electron chi connectivity index (χ4n) is 0.773. The Balaban J connectivity index is 2.95. The van der Waals surface area contributed by atoms with Gasteiger partial charge in [-0.3, -0.25) is 0 Å². The molecular formula is C7H5STe+. The van der Waals surface area contributed by atoms with Gasteiger partial charge in [0, 0.05) is 0 Å². The van der Waals surface area contributed by atoms with Crippen LogP contribution >= 0.6 is 11.3 Å². The molecule has 1 aromatic heterocycles. The van der Waals surface area contributed by atoms with Crippen LogP contribution in [0.1, 0.15) is 0 Å². The van der Waals surface area contributed by atoms with Crippen molar-refractivity contribution in [3.63, 3.8) is 0 Å². The molecule has 0 radical (unpaired) electrons. The molecule has 0 aliphatic carbocycles. The molecule has 0 aliphatic rings. The average Bonchev–Trinajstić information content (AvgIpc) is 2.33. The molecule has 1 heterocycles. The Kier molecular flexibility index (Phi) is 1.55. The SMILES string of the molecule is c1ccc2[te]c[s+]c2c1. The monoisotopic (exact) mass is 251 g/mol. The van der Waals surface area contributed by atoms with Crippen LogP contribution in [0.25, 0.3) is 8.10 Å². The van der Waals surface area contributed by atoms with Crippen LogP contribution in [0.3, 0.4) is 0 Å². The molecule has 2 aromatic rings. The molecule has 0 nitrogen and oxygen atoms in total. The van der Waals surface area contributed by atoms with Crippen LogP contribution in [0.5, 0.6) is 0 Å². The van der Waals surface area contributed by atoms with E-state index in [1.807, 2.05) is 11.3 Å². The summed E-state index contributed by atoms with van der Waals surface area (Å²) >= 11 is 2.00. The molecule has 2 heteroatoms. The van der Waals surface area contributed by atoms with Crippen molar-refractivity contribution in [1.29, 1.82) is 0 Å². The first-order valence-electron chi connectivity index (χ1n) is 2.71. The fourth-order valence-corrected chi connectivity index (χ4v) is 5.27. The molecule has 0 unspecified atom stereocenters. The van der Waals surface area contributed by atoms with E-state index in [1.165, 1.54) is 4.70 Å². The zero-order chi connectivity index (χ0) is 6.10. The predicted molar refractivity (Wildman–Crippen MR) is 43.2 cm³/mol. The van der Waals surface area contributed by atoms with Gasteiger partial charge in [0.2, 0.25) is 0 Å². The fraction of sp³-hybridized carbons (Fsp3) is 0. The van der Waals surface area contributed by atoms with E-state index in [0.717, 1.165) is 0 Å². The normalized spacial score (nSPS) is 10.2. The molecule has 2 rings (SSSR count). The van der Waals surface area contributed by atoms with Crippen molar-refractivity contribution in [2.75, 3.05) is 0 Å². The van der Waals surface area contributed by atoms with Crippen LogP contribution in [0.15, 0.2) is 27.7 Å². The van der Waals surface area contributed by atoms with Gasteiger partial charge < -0.3 is 0 Å². The van der Waals surface area contributed by atoms with Gasteiger partial charge in [-0.1, -0.05) is 0 Å². The van der Waals surface area contributed by atoms with Crippen molar-refractivity contribution in [2.45, 2.75) is 0 Å². The predicted octanol–water partition coefficient (Wildman–Crippen LogP) is 2.24. The second-order valence-corrected chi connectivity index (χ2v) is 6.22. The first-order valence-corrected chi connectivity index (χ1v) is 6.10. The zero-order valence-electron chi connectivity index (χ0n) is 4.70. The molecule has 0 saturated carbocycles. The molecule has 1 aromatic carbocycles. The molecule has 0 aliphatic heterocycles. The van der Waals surface area contributed by atoms with Crippen molar-refractivity contribution in [1.82, 2.24) is 0 Å². The van der Waals surface area contributed by atoms with E-state index < -0.39 is 0 Å². The number of hydrogen-bond donors (Lipinski definition) is 0. The Morgan fingerprint density at radius 1 is 1.22 bits per heavy atom. The second-order valence-electron chi connectivity index (χ2n) is 1.78. The summed E-state index contributed by atoms with van der Waals surface area (Å²) in [6, 6.07) is 8.68. The number of benzene rings is 1. The van der Waals surface area contributed by atoms with E-state index in [4.69, 9.17) is 0 Å². The third-order valence-electron chi connectivity index (χ3n) is 1.20. The Hall–Kier alpha value is 0.0996. The van der Waals surface area contributed by atoms with E-state index >= 15 is 0 Å². The number of fused-ring (bicyclic) bond motifs is 1. The van der Waals surface area contributed by atoms with Crippen molar-refractivity contribution < 1.29 is 0 Å². The van der Waals surface area contributed by atoms with Gasteiger partial charge in [-0.05, 0) is 0 Å². The summed E-state index contributed by atoms with van der Waals surface area (Å²) < 4.78 is 5.46. The molecule has 0 spiro atoms. The summed E-state index contributed by atoms with van der Waals surface area (Å²) in [6.45, 7) is 0. The second kappa shape index (κ2) is 2.38. The molecule has 0 saturated heterocycles. The molecule has 0 bridgehead atoms. The first kappa shape index (κ1) is 5.85. The number of hydrogen-bond acceptors (Lipinski definition) is 0. The zero-order valence-corrected chi connectivity index (χ0v) is 7.85. The van der Waals surface area contributed by atoms with E-state index in [9.17, 15) is 0 Å². The van der Waals surface area contributed by atoms with E-state index in [-0.39, 0.29) is 20.4 Å². The third kappa shape index (κ3) is 1.03. The van der Waals surface area contributed by atoms with Crippen LogP contribution in [0.2, 0.25) is 0 Å². The summed E-state index contributed by atoms with van der Waals surface area (Å²) in [5, 5.41) is 0. The van der Waals surface area contributed by atoms with Crippen molar-refractivity contribution >= 4 is 39.9 Å².